The van der Waals surface area contributed by atoms with E-state index in [0.29, 0.717) is 34.0 Å². The summed E-state index contributed by atoms with van der Waals surface area (Å²) < 4.78 is 5.16. The molecule has 3 rings (SSSR count). The van der Waals surface area contributed by atoms with Crippen LogP contribution >= 0.6 is 11.8 Å². The quantitative estimate of drug-likeness (QED) is 0.421. The van der Waals surface area contributed by atoms with Crippen LogP contribution in [0.3, 0.4) is 0 Å². The van der Waals surface area contributed by atoms with Gasteiger partial charge in [-0.1, -0.05) is 54.2 Å². The van der Waals surface area contributed by atoms with Gasteiger partial charge < -0.3 is 10.1 Å². The van der Waals surface area contributed by atoms with Gasteiger partial charge >= 0.3 is 0 Å². The molecule has 7 heteroatoms. The smallest absolute Gasteiger partial charge is 0.234 e. The molecule has 0 aliphatic carbocycles. The second-order valence-electron chi connectivity index (χ2n) is 6.73. The Morgan fingerprint density at radius 2 is 1.84 bits per heavy atom. The third-order valence-electron chi connectivity index (χ3n) is 4.43. The maximum atomic E-state index is 12.8. The summed E-state index contributed by atoms with van der Waals surface area (Å²) in [6.07, 6.45) is 0. The number of amides is 1. The number of aromatic nitrogens is 1. The van der Waals surface area contributed by atoms with Crippen molar-refractivity contribution < 1.29 is 14.3 Å². The van der Waals surface area contributed by atoms with Crippen molar-refractivity contribution in [1.82, 2.24) is 4.98 Å². The van der Waals surface area contributed by atoms with Crippen LogP contribution in [0.2, 0.25) is 0 Å². The lowest BCUT2D eigenvalue weighted by Crippen LogP contribution is -2.17. The van der Waals surface area contributed by atoms with Crippen molar-refractivity contribution in [2.24, 2.45) is 0 Å². The highest BCUT2D eigenvalue weighted by Crippen LogP contribution is 2.25. The molecule has 0 saturated heterocycles. The highest BCUT2D eigenvalue weighted by atomic mass is 32.2. The molecule has 0 fully saturated rings. The van der Waals surface area contributed by atoms with Gasteiger partial charge in [0.15, 0.2) is 5.78 Å². The Labute approximate surface area is 185 Å². The van der Waals surface area contributed by atoms with Crippen LogP contribution in [0.15, 0.2) is 65.7 Å². The number of hydrogen-bond donors (Lipinski definition) is 1. The Kier molecular flexibility index (Phi) is 7.55. The summed E-state index contributed by atoms with van der Waals surface area (Å²) in [5.41, 5.74) is 3.30. The van der Waals surface area contributed by atoms with Crippen molar-refractivity contribution in [3.63, 3.8) is 0 Å². The maximum absolute atomic E-state index is 12.8. The first-order valence-corrected chi connectivity index (χ1v) is 10.5. The molecule has 1 heterocycles. The maximum Gasteiger partial charge on any atom is 0.234 e. The average Bonchev–Trinajstić information content (AvgIpc) is 2.78. The van der Waals surface area contributed by atoms with Crippen LogP contribution in [0.5, 0.6) is 0 Å². The van der Waals surface area contributed by atoms with Crippen molar-refractivity contribution in [1.29, 1.82) is 5.26 Å². The summed E-state index contributed by atoms with van der Waals surface area (Å²) in [4.78, 5) is 29.8. The molecule has 0 spiro atoms. The zero-order chi connectivity index (χ0) is 22.2. The summed E-state index contributed by atoms with van der Waals surface area (Å²) in [6, 6.07) is 19.8. The predicted octanol–water partition coefficient (Wildman–Crippen LogP) is 4.37. The number of carbonyl (C=O) groups excluding carboxylic acids is 2. The van der Waals surface area contributed by atoms with Gasteiger partial charge in [-0.15, -0.1) is 0 Å². The minimum absolute atomic E-state index is 0.0470. The number of ether oxygens (including phenoxy) is 1. The number of aryl methyl sites for hydroxylation is 1. The Morgan fingerprint density at radius 1 is 1.13 bits per heavy atom. The van der Waals surface area contributed by atoms with Crippen LogP contribution in [0.4, 0.5) is 5.69 Å². The topological polar surface area (TPSA) is 92.1 Å². The first-order chi connectivity index (χ1) is 15.0. The SMILES string of the molecule is COCc1cc(C)nc(SCC(=O)Nc2ccccc2C(=O)c2ccccc2)c1C#N. The molecule has 0 atom stereocenters. The number of anilines is 1. The first kappa shape index (κ1) is 22.2. The molecule has 3 aromatic rings. The summed E-state index contributed by atoms with van der Waals surface area (Å²) in [7, 11) is 1.56. The van der Waals surface area contributed by atoms with E-state index in [0.717, 1.165) is 11.3 Å². The van der Waals surface area contributed by atoms with E-state index in [-0.39, 0.29) is 17.4 Å². The molecule has 0 bridgehead atoms. The van der Waals surface area contributed by atoms with E-state index in [1.54, 1.807) is 61.7 Å². The van der Waals surface area contributed by atoms with Crippen LogP contribution < -0.4 is 5.32 Å². The monoisotopic (exact) mass is 431 g/mol. The molecule has 1 aromatic heterocycles. The van der Waals surface area contributed by atoms with Gasteiger partial charge in [-0.2, -0.15) is 5.26 Å². The van der Waals surface area contributed by atoms with Crippen molar-refractivity contribution in [3.8, 4) is 6.07 Å². The molecular weight excluding hydrogens is 410 g/mol. The summed E-state index contributed by atoms with van der Waals surface area (Å²) in [5.74, 6) is -0.412. The highest BCUT2D eigenvalue weighted by Gasteiger charge is 2.17. The fourth-order valence-electron chi connectivity index (χ4n) is 3.06. The molecule has 0 saturated carbocycles. The molecular formula is C24H21N3O3S. The number of nitrogens with zero attached hydrogens (tertiary/aromatic N) is 2. The second-order valence-corrected chi connectivity index (χ2v) is 7.69. The number of nitriles is 1. The molecule has 0 aliphatic heterocycles. The molecule has 31 heavy (non-hydrogen) atoms. The molecule has 156 valence electrons. The van der Waals surface area contributed by atoms with E-state index in [4.69, 9.17) is 4.74 Å². The lowest BCUT2D eigenvalue weighted by molar-refractivity contribution is -0.113. The number of nitrogens with one attached hydrogen (secondary N) is 1. The van der Waals surface area contributed by atoms with E-state index >= 15 is 0 Å². The number of thioether (sulfide) groups is 1. The van der Waals surface area contributed by atoms with Gasteiger partial charge in [0.05, 0.1) is 23.6 Å². The largest absolute Gasteiger partial charge is 0.380 e. The summed E-state index contributed by atoms with van der Waals surface area (Å²) in [5, 5.41) is 12.8. The van der Waals surface area contributed by atoms with Crippen LogP contribution in [0.25, 0.3) is 0 Å². The number of rotatable bonds is 8. The molecule has 2 aromatic carbocycles. The van der Waals surface area contributed by atoms with Crippen molar-refractivity contribution in [2.45, 2.75) is 18.6 Å². The highest BCUT2D eigenvalue weighted by molar-refractivity contribution is 8.00. The van der Waals surface area contributed by atoms with Gasteiger partial charge in [-0.25, -0.2) is 4.98 Å². The zero-order valence-corrected chi connectivity index (χ0v) is 18.0. The third kappa shape index (κ3) is 5.57. The molecule has 0 radical (unpaired) electrons. The van der Waals surface area contributed by atoms with Gasteiger partial charge in [0.1, 0.15) is 11.1 Å². The number of methoxy groups -OCH3 is 1. The standard InChI is InChI=1S/C24H21N3O3S/c1-16-12-18(14-30-2)20(13-25)24(26-16)31-15-22(28)27-21-11-7-6-10-19(21)23(29)17-8-4-3-5-9-17/h3-12H,14-15H2,1-2H3,(H,27,28). The van der Waals surface area contributed by atoms with Crippen molar-refractivity contribution in [2.75, 3.05) is 18.2 Å². The molecule has 1 N–H and O–H groups in total. The zero-order valence-electron chi connectivity index (χ0n) is 17.2. The van der Waals surface area contributed by atoms with Crippen LogP contribution in [0.1, 0.15) is 32.7 Å². The van der Waals surface area contributed by atoms with Crippen LogP contribution in [-0.2, 0) is 16.1 Å². The Bertz CT molecular complexity index is 1140. The Hall–Kier alpha value is -3.47. The van der Waals surface area contributed by atoms with Crippen molar-refractivity contribution in [3.05, 3.63) is 88.6 Å². The molecule has 1 amide bonds. The number of pyridine rings is 1. The predicted molar refractivity (Wildman–Crippen MR) is 120 cm³/mol. The summed E-state index contributed by atoms with van der Waals surface area (Å²) in [6.45, 7) is 2.12. The minimum Gasteiger partial charge on any atom is -0.380 e. The van der Waals surface area contributed by atoms with E-state index < -0.39 is 0 Å². The number of benzene rings is 2. The lowest BCUT2D eigenvalue weighted by Gasteiger charge is -2.12. The Balaban J connectivity index is 1.75. The van der Waals surface area contributed by atoms with Crippen LogP contribution in [-0.4, -0.2) is 29.5 Å². The number of para-hydroxylation sites is 1. The molecule has 0 aliphatic rings. The summed E-state index contributed by atoms with van der Waals surface area (Å²) >= 11 is 1.18. The van der Waals surface area contributed by atoms with E-state index in [1.807, 2.05) is 13.0 Å². The average molecular weight is 432 g/mol. The van der Waals surface area contributed by atoms with Crippen LogP contribution in [0, 0.1) is 18.3 Å². The van der Waals surface area contributed by atoms with Gasteiger partial charge in [-0.3, -0.25) is 9.59 Å². The number of ketones is 1. The third-order valence-corrected chi connectivity index (χ3v) is 5.40. The van der Waals surface area contributed by atoms with Gasteiger partial charge in [0.2, 0.25) is 5.91 Å². The number of carbonyl (C=O) groups is 2. The fourth-order valence-corrected chi connectivity index (χ4v) is 3.93. The van der Waals surface area contributed by atoms with Crippen molar-refractivity contribution >= 4 is 29.1 Å². The van der Waals surface area contributed by atoms with E-state index in [9.17, 15) is 14.9 Å². The van der Waals surface area contributed by atoms with Gasteiger partial charge in [0, 0.05) is 23.9 Å². The number of hydrogen-bond acceptors (Lipinski definition) is 6. The fraction of sp³-hybridized carbons (Fsp3) is 0.167. The van der Waals surface area contributed by atoms with E-state index in [2.05, 4.69) is 16.4 Å². The van der Waals surface area contributed by atoms with Gasteiger partial charge in [0.25, 0.3) is 0 Å². The first-order valence-electron chi connectivity index (χ1n) is 9.54. The lowest BCUT2D eigenvalue weighted by atomic mass is 10.0. The minimum atomic E-state index is -0.293. The molecule has 0 unspecified atom stereocenters. The normalized spacial score (nSPS) is 10.4. The second kappa shape index (κ2) is 10.5. The molecule has 6 nitrogen and oxygen atoms in total. The van der Waals surface area contributed by atoms with E-state index in [1.165, 1.54) is 11.8 Å². The van der Waals surface area contributed by atoms with Gasteiger partial charge in [-0.05, 0) is 30.7 Å². The Morgan fingerprint density at radius 3 is 2.55 bits per heavy atom.